The lowest BCUT2D eigenvalue weighted by molar-refractivity contribution is 0.215. The molecule has 4 heteroatoms. The Labute approximate surface area is 122 Å². The minimum absolute atomic E-state index is 0.443. The molecule has 1 N–H and O–H groups in total. The van der Waals surface area contributed by atoms with E-state index < -0.39 is 6.09 Å². The van der Waals surface area contributed by atoms with Crippen molar-refractivity contribution >= 4 is 22.7 Å². The summed E-state index contributed by atoms with van der Waals surface area (Å²) in [6, 6.07) is 16.8. The van der Waals surface area contributed by atoms with Gasteiger partial charge < -0.3 is 4.74 Å². The van der Waals surface area contributed by atoms with Crippen LogP contribution in [0.25, 0.3) is 10.9 Å². The second-order valence-corrected chi connectivity index (χ2v) is 4.72. The van der Waals surface area contributed by atoms with E-state index in [0.29, 0.717) is 17.0 Å². The van der Waals surface area contributed by atoms with Gasteiger partial charge >= 0.3 is 6.09 Å². The topological polar surface area (TPSA) is 51.2 Å². The van der Waals surface area contributed by atoms with Crippen molar-refractivity contribution in [1.82, 2.24) is 4.98 Å². The van der Waals surface area contributed by atoms with Gasteiger partial charge in [-0.15, -0.1) is 0 Å². The summed E-state index contributed by atoms with van der Waals surface area (Å²) in [5.74, 6) is 0.443. The van der Waals surface area contributed by atoms with E-state index in [9.17, 15) is 4.79 Å². The summed E-state index contributed by atoms with van der Waals surface area (Å²) in [6.07, 6.45) is 1.15. The predicted molar refractivity (Wildman–Crippen MR) is 82.6 cm³/mol. The molecular weight excluding hydrogens is 264 g/mol. The highest BCUT2D eigenvalue weighted by molar-refractivity contribution is 5.91. The fourth-order valence-electron chi connectivity index (χ4n) is 2.12. The smallest absolute Gasteiger partial charge is 0.408 e. The SMILES string of the molecule is Cc1cccc(NC(=O)Oc2cccc3cccnc23)c1. The zero-order valence-electron chi connectivity index (χ0n) is 11.5. The van der Waals surface area contributed by atoms with Gasteiger partial charge in [0.15, 0.2) is 5.75 Å². The van der Waals surface area contributed by atoms with Crippen LogP contribution in [-0.2, 0) is 0 Å². The highest BCUT2D eigenvalue weighted by atomic mass is 16.6. The van der Waals surface area contributed by atoms with E-state index in [1.807, 2.05) is 55.5 Å². The van der Waals surface area contributed by atoms with Crippen LogP contribution >= 0.6 is 0 Å². The van der Waals surface area contributed by atoms with Crippen molar-refractivity contribution in [3.8, 4) is 5.75 Å². The molecule has 0 bridgehead atoms. The molecule has 0 saturated carbocycles. The van der Waals surface area contributed by atoms with Gasteiger partial charge in [-0.05, 0) is 36.8 Å². The molecule has 0 aliphatic heterocycles. The number of aryl methyl sites for hydroxylation is 1. The van der Waals surface area contributed by atoms with Crippen LogP contribution in [0.15, 0.2) is 60.8 Å². The van der Waals surface area contributed by atoms with Gasteiger partial charge in [0.25, 0.3) is 0 Å². The maximum atomic E-state index is 12.0. The summed E-state index contributed by atoms with van der Waals surface area (Å²) >= 11 is 0. The van der Waals surface area contributed by atoms with E-state index in [-0.39, 0.29) is 0 Å². The van der Waals surface area contributed by atoms with Crippen molar-refractivity contribution in [3.05, 3.63) is 66.4 Å². The molecule has 3 aromatic rings. The van der Waals surface area contributed by atoms with Gasteiger partial charge in [-0.25, -0.2) is 4.79 Å². The van der Waals surface area contributed by atoms with Crippen molar-refractivity contribution in [1.29, 1.82) is 0 Å². The molecule has 0 atom stereocenters. The Kier molecular flexibility index (Phi) is 3.51. The van der Waals surface area contributed by atoms with Crippen molar-refractivity contribution < 1.29 is 9.53 Å². The standard InChI is InChI=1S/C17H14N2O2/c1-12-5-2-8-14(11-12)19-17(20)21-15-9-3-6-13-7-4-10-18-16(13)15/h2-11H,1H3,(H,19,20). The highest BCUT2D eigenvalue weighted by Gasteiger charge is 2.09. The number of fused-ring (bicyclic) bond motifs is 1. The molecule has 0 spiro atoms. The monoisotopic (exact) mass is 278 g/mol. The molecule has 0 aliphatic rings. The Balaban J connectivity index is 1.80. The summed E-state index contributed by atoms with van der Waals surface area (Å²) in [7, 11) is 0. The number of amides is 1. The van der Waals surface area contributed by atoms with E-state index in [4.69, 9.17) is 4.74 Å². The number of rotatable bonds is 2. The van der Waals surface area contributed by atoms with Crippen molar-refractivity contribution in [2.45, 2.75) is 6.92 Å². The minimum atomic E-state index is -0.529. The van der Waals surface area contributed by atoms with Crippen LogP contribution in [-0.4, -0.2) is 11.1 Å². The molecular formula is C17H14N2O2. The van der Waals surface area contributed by atoms with Gasteiger partial charge in [0.2, 0.25) is 0 Å². The fraction of sp³-hybridized carbons (Fsp3) is 0.0588. The Bertz CT molecular complexity index is 794. The average molecular weight is 278 g/mol. The van der Waals surface area contributed by atoms with Crippen molar-refractivity contribution in [2.24, 2.45) is 0 Å². The lowest BCUT2D eigenvalue weighted by Crippen LogP contribution is -2.17. The Hall–Kier alpha value is -2.88. The molecule has 0 fully saturated rings. The number of aromatic nitrogens is 1. The maximum Gasteiger partial charge on any atom is 0.417 e. The second kappa shape index (κ2) is 5.63. The van der Waals surface area contributed by atoms with Gasteiger partial charge in [0.1, 0.15) is 5.52 Å². The number of hydrogen-bond acceptors (Lipinski definition) is 3. The Morgan fingerprint density at radius 3 is 2.76 bits per heavy atom. The summed E-state index contributed by atoms with van der Waals surface area (Å²) in [5, 5.41) is 3.64. The fourth-order valence-corrected chi connectivity index (χ4v) is 2.12. The van der Waals surface area contributed by atoms with Gasteiger partial charge in [-0.3, -0.25) is 10.3 Å². The third-order valence-corrected chi connectivity index (χ3v) is 3.06. The molecule has 1 aromatic heterocycles. The van der Waals surface area contributed by atoms with Gasteiger partial charge in [-0.2, -0.15) is 0 Å². The number of benzene rings is 2. The number of anilines is 1. The van der Waals surface area contributed by atoms with Crippen LogP contribution in [0.3, 0.4) is 0 Å². The molecule has 0 unspecified atom stereocenters. The molecule has 104 valence electrons. The number of para-hydroxylation sites is 1. The maximum absolute atomic E-state index is 12.0. The first-order valence-corrected chi connectivity index (χ1v) is 6.61. The molecule has 0 saturated heterocycles. The number of nitrogens with zero attached hydrogens (tertiary/aromatic N) is 1. The molecule has 21 heavy (non-hydrogen) atoms. The first kappa shape index (κ1) is 13.1. The average Bonchev–Trinajstić information content (AvgIpc) is 2.47. The second-order valence-electron chi connectivity index (χ2n) is 4.72. The van der Waals surface area contributed by atoms with Crippen LogP contribution in [0.2, 0.25) is 0 Å². The van der Waals surface area contributed by atoms with E-state index in [1.54, 1.807) is 12.3 Å². The zero-order chi connectivity index (χ0) is 14.7. The van der Waals surface area contributed by atoms with Crippen molar-refractivity contribution in [3.63, 3.8) is 0 Å². The summed E-state index contributed by atoms with van der Waals surface area (Å²) in [6.45, 7) is 1.96. The number of pyridine rings is 1. The zero-order valence-corrected chi connectivity index (χ0v) is 11.5. The lowest BCUT2D eigenvalue weighted by atomic mass is 10.2. The quantitative estimate of drug-likeness (QED) is 0.766. The number of hydrogen-bond donors (Lipinski definition) is 1. The van der Waals surface area contributed by atoms with Crippen molar-refractivity contribution in [2.75, 3.05) is 5.32 Å². The van der Waals surface area contributed by atoms with E-state index >= 15 is 0 Å². The molecule has 3 rings (SSSR count). The van der Waals surface area contributed by atoms with Gasteiger partial charge in [-0.1, -0.05) is 30.3 Å². The number of ether oxygens (including phenoxy) is 1. The van der Waals surface area contributed by atoms with Crippen LogP contribution in [0.1, 0.15) is 5.56 Å². The third-order valence-electron chi connectivity index (χ3n) is 3.06. The van der Waals surface area contributed by atoms with E-state index in [0.717, 1.165) is 10.9 Å². The molecule has 2 aromatic carbocycles. The molecule has 0 aliphatic carbocycles. The molecule has 1 heterocycles. The molecule has 4 nitrogen and oxygen atoms in total. The highest BCUT2D eigenvalue weighted by Crippen LogP contribution is 2.23. The predicted octanol–water partition coefficient (Wildman–Crippen LogP) is 4.15. The van der Waals surface area contributed by atoms with Gasteiger partial charge in [0, 0.05) is 17.3 Å². The largest absolute Gasteiger partial charge is 0.417 e. The van der Waals surface area contributed by atoms with Crippen LogP contribution < -0.4 is 10.1 Å². The van der Waals surface area contributed by atoms with Crippen LogP contribution in [0, 0.1) is 6.92 Å². The third kappa shape index (κ3) is 3.00. The minimum Gasteiger partial charge on any atom is -0.408 e. The van der Waals surface area contributed by atoms with E-state index in [2.05, 4.69) is 10.3 Å². The normalized spacial score (nSPS) is 10.3. The van der Waals surface area contributed by atoms with Gasteiger partial charge in [0.05, 0.1) is 0 Å². The number of carbonyl (C=O) groups is 1. The Morgan fingerprint density at radius 1 is 1.10 bits per heavy atom. The Morgan fingerprint density at radius 2 is 1.90 bits per heavy atom. The molecule has 1 amide bonds. The summed E-state index contributed by atoms with van der Waals surface area (Å²) in [5.41, 5.74) is 2.44. The van der Waals surface area contributed by atoms with Crippen LogP contribution in [0.5, 0.6) is 5.75 Å². The number of carbonyl (C=O) groups excluding carboxylic acids is 1. The van der Waals surface area contributed by atoms with E-state index in [1.165, 1.54) is 0 Å². The lowest BCUT2D eigenvalue weighted by Gasteiger charge is -2.08. The summed E-state index contributed by atoms with van der Waals surface area (Å²) < 4.78 is 5.36. The number of nitrogens with one attached hydrogen (secondary N) is 1. The first-order chi connectivity index (χ1) is 10.2. The summed E-state index contributed by atoms with van der Waals surface area (Å²) in [4.78, 5) is 16.2. The molecule has 0 radical (unpaired) electrons. The first-order valence-electron chi connectivity index (χ1n) is 6.61. The van der Waals surface area contributed by atoms with Crippen LogP contribution in [0.4, 0.5) is 10.5 Å².